The fraction of sp³-hybridized carbons (Fsp3) is 0.273. The van der Waals surface area contributed by atoms with E-state index < -0.39 is 5.91 Å². The highest BCUT2D eigenvalue weighted by molar-refractivity contribution is 7.98. The highest BCUT2D eigenvalue weighted by atomic mass is 32.2. The van der Waals surface area contributed by atoms with Crippen molar-refractivity contribution in [3.05, 3.63) is 70.0 Å². The Bertz CT molecular complexity index is 1270. The van der Waals surface area contributed by atoms with Crippen LogP contribution in [0.4, 0.5) is 0 Å². The molecule has 2 aromatic heterocycles. The molecule has 0 atom stereocenters. The van der Waals surface area contributed by atoms with Crippen molar-refractivity contribution in [2.45, 2.75) is 37.7 Å². The van der Waals surface area contributed by atoms with E-state index in [9.17, 15) is 9.59 Å². The fourth-order valence-corrected chi connectivity index (χ4v) is 4.22. The van der Waals surface area contributed by atoms with Gasteiger partial charge in [0.2, 0.25) is 11.7 Å². The Morgan fingerprint density at radius 3 is 2.53 bits per heavy atom. The molecule has 0 unspecified atom stereocenters. The van der Waals surface area contributed by atoms with Crippen LogP contribution in [-0.2, 0) is 12.3 Å². The molecule has 2 aromatic carbocycles. The number of amides is 1. The van der Waals surface area contributed by atoms with Gasteiger partial charge >= 0.3 is 0 Å². The molecule has 0 aliphatic heterocycles. The van der Waals surface area contributed by atoms with E-state index in [0.29, 0.717) is 34.9 Å². The van der Waals surface area contributed by atoms with Gasteiger partial charge in [0.1, 0.15) is 0 Å². The summed E-state index contributed by atoms with van der Waals surface area (Å²) in [4.78, 5) is 24.3. The average Bonchev–Trinajstić information content (AvgIpc) is 3.16. The molecule has 2 heterocycles. The van der Waals surface area contributed by atoms with Crippen LogP contribution in [0, 0.1) is 5.92 Å². The second kappa shape index (κ2) is 8.31. The predicted octanol–water partition coefficient (Wildman–Crippen LogP) is 3.48. The van der Waals surface area contributed by atoms with Gasteiger partial charge in [0.25, 0.3) is 5.56 Å². The van der Waals surface area contributed by atoms with E-state index in [1.807, 2.05) is 40.8 Å². The van der Waals surface area contributed by atoms with E-state index in [0.717, 1.165) is 22.7 Å². The van der Waals surface area contributed by atoms with Gasteiger partial charge < -0.3 is 5.73 Å². The molecule has 2 N–H and O–H groups in total. The van der Waals surface area contributed by atoms with Gasteiger partial charge in [-0.3, -0.25) is 18.6 Å². The first-order chi connectivity index (χ1) is 14.5. The number of para-hydroxylation sites is 1. The van der Waals surface area contributed by atoms with Gasteiger partial charge in [0, 0.05) is 17.9 Å². The summed E-state index contributed by atoms with van der Waals surface area (Å²) in [5.41, 5.74) is 7.59. The van der Waals surface area contributed by atoms with E-state index >= 15 is 0 Å². The van der Waals surface area contributed by atoms with Crippen LogP contribution >= 0.6 is 11.8 Å². The summed E-state index contributed by atoms with van der Waals surface area (Å²) in [5.74, 6) is 1.25. The van der Waals surface area contributed by atoms with Crippen molar-refractivity contribution in [3.8, 4) is 0 Å². The second-order valence-corrected chi connectivity index (χ2v) is 8.57. The van der Waals surface area contributed by atoms with Crippen LogP contribution in [0.5, 0.6) is 0 Å². The lowest BCUT2D eigenvalue weighted by molar-refractivity contribution is 0.100. The summed E-state index contributed by atoms with van der Waals surface area (Å²) in [6.45, 7) is 4.87. The molecule has 7 nitrogen and oxygen atoms in total. The standard InChI is InChI=1S/C22H23N5O2S/c1-14(2)11-12-26-20(29)17-5-3-4-6-18(17)27-21(26)24-25-22(27)30-13-15-7-9-16(10-8-15)19(23)28/h3-10,14H,11-13H2,1-2H3,(H2,23,28). The molecule has 0 saturated heterocycles. The third-order valence-corrected chi connectivity index (χ3v) is 6.01. The van der Waals surface area contributed by atoms with Crippen molar-refractivity contribution in [2.24, 2.45) is 11.7 Å². The summed E-state index contributed by atoms with van der Waals surface area (Å²) >= 11 is 1.54. The minimum atomic E-state index is -0.441. The number of benzene rings is 2. The van der Waals surface area contributed by atoms with Crippen LogP contribution in [0.15, 0.2) is 58.5 Å². The summed E-state index contributed by atoms with van der Waals surface area (Å²) in [7, 11) is 0. The number of thioether (sulfide) groups is 1. The number of rotatable bonds is 7. The molecule has 30 heavy (non-hydrogen) atoms. The SMILES string of the molecule is CC(C)CCn1c(=O)c2ccccc2n2c(SCc3ccc(C(N)=O)cc3)nnc12. The van der Waals surface area contributed by atoms with E-state index in [1.54, 1.807) is 16.7 Å². The summed E-state index contributed by atoms with van der Waals surface area (Å²) in [6.07, 6.45) is 0.884. The number of aryl methyl sites for hydroxylation is 1. The Hall–Kier alpha value is -3.13. The zero-order chi connectivity index (χ0) is 21.3. The Balaban J connectivity index is 1.74. The first kappa shape index (κ1) is 20.2. The van der Waals surface area contributed by atoms with Gasteiger partial charge in [-0.15, -0.1) is 10.2 Å². The molecule has 0 bridgehead atoms. The minimum Gasteiger partial charge on any atom is -0.366 e. The van der Waals surface area contributed by atoms with Crippen LogP contribution in [0.25, 0.3) is 16.7 Å². The minimum absolute atomic E-state index is 0.0373. The number of fused-ring (bicyclic) bond motifs is 3. The molecular weight excluding hydrogens is 398 g/mol. The third kappa shape index (κ3) is 3.82. The number of primary amides is 1. The van der Waals surface area contributed by atoms with Crippen molar-refractivity contribution >= 4 is 34.3 Å². The number of nitrogens with zero attached hydrogens (tertiary/aromatic N) is 4. The number of hydrogen-bond donors (Lipinski definition) is 1. The van der Waals surface area contributed by atoms with Gasteiger partial charge in [0.05, 0.1) is 10.9 Å². The lowest BCUT2D eigenvalue weighted by atomic mass is 10.1. The van der Waals surface area contributed by atoms with E-state index in [-0.39, 0.29) is 5.56 Å². The molecule has 0 spiro atoms. The Morgan fingerprint density at radius 1 is 1.10 bits per heavy atom. The predicted molar refractivity (Wildman–Crippen MR) is 119 cm³/mol. The van der Waals surface area contributed by atoms with Crippen molar-refractivity contribution in [2.75, 3.05) is 0 Å². The largest absolute Gasteiger partial charge is 0.366 e. The van der Waals surface area contributed by atoms with Crippen LogP contribution in [0.2, 0.25) is 0 Å². The second-order valence-electron chi connectivity index (χ2n) is 7.62. The maximum Gasteiger partial charge on any atom is 0.262 e. The first-order valence-corrected chi connectivity index (χ1v) is 10.8. The Kier molecular flexibility index (Phi) is 5.59. The number of aromatic nitrogens is 4. The third-order valence-electron chi connectivity index (χ3n) is 5.01. The number of carbonyl (C=O) groups excluding carboxylic acids is 1. The molecular formula is C22H23N5O2S. The fourth-order valence-electron chi connectivity index (χ4n) is 3.33. The van der Waals surface area contributed by atoms with Crippen LogP contribution in [0.3, 0.4) is 0 Å². The average molecular weight is 422 g/mol. The Labute approximate surface area is 177 Å². The molecule has 154 valence electrons. The molecule has 1 amide bonds. The van der Waals surface area contributed by atoms with Crippen molar-refractivity contribution in [1.82, 2.24) is 19.2 Å². The lowest BCUT2D eigenvalue weighted by Crippen LogP contribution is -2.24. The van der Waals surface area contributed by atoms with Crippen molar-refractivity contribution in [3.63, 3.8) is 0 Å². The van der Waals surface area contributed by atoms with Gasteiger partial charge in [0.15, 0.2) is 5.16 Å². The maximum absolute atomic E-state index is 13.1. The summed E-state index contributed by atoms with van der Waals surface area (Å²) in [5, 5.41) is 10.1. The molecule has 0 saturated carbocycles. The normalized spacial score (nSPS) is 11.6. The van der Waals surface area contributed by atoms with Crippen molar-refractivity contribution < 1.29 is 4.79 Å². The molecule has 0 radical (unpaired) electrons. The lowest BCUT2D eigenvalue weighted by Gasteiger charge is -2.12. The zero-order valence-corrected chi connectivity index (χ0v) is 17.7. The van der Waals surface area contributed by atoms with E-state index in [2.05, 4.69) is 24.0 Å². The molecule has 8 heteroatoms. The van der Waals surface area contributed by atoms with Crippen LogP contribution in [0.1, 0.15) is 36.2 Å². The molecule has 0 aliphatic carbocycles. The van der Waals surface area contributed by atoms with Gasteiger partial charge in [-0.1, -0.05) is 49.9 Å². The number of carbonyl (C=O) groups is 1. The molecule has 0 aliphatic rings. The highest BCUT2D eigenvalue weighted by Crippen LogP contribution is 2.25. The van der Waals surface area contributed by atoms with E-state index in [1.165, 1.54) is 11.8 Å². The number of nitrogens with two attached hydrogens (primary N) is 1. The molecule has 0 fully saturated rings. The number of hydrogen-bond acceptors (Lipinski definition) is 5. The Morgan fingerprint density at radius 2 is 1.83 bits per heavy atom. The highest BCUT2D eigenvalue weighted by Gasteiger charge is 2.17. The quantitative estimate of drug-likeness (QED) is 0.461. The van der Waals surface area contributed by atoms with Gasteiger partial charge in [-0.2, -0.15) is 0 Å². The first-order valence-electron chi connectivity index (χ1n) is 9.84. The molecule has 4 rings (SSSR count). The van der Waals surface area contributed by atoms with Crippen LogP contribution in [-0.4, -0.2) is 25.1 Å². The van der Waals surface area contributed by atoms with Crippen molar-refractivity contribution in [1.29, 1.82) is 0 Å². The summed E-state index contributed by atoms with van der Waals surface area (Å²) in [6, 6.07) is 14.8. The monoisotopic (exact) mass is 421 g/mol. The molecule has 4 aromatic rings. The topological polar surface area (TPSA) is 95.3 Å². The van der Waals surface area contributed by atoms with E-state index in [4.69, 9.17) is 5.73 Å². The van der Waals surface area contributed by atoms with Crippen LogP contribution < -0.4 is 11.3 Å². The maximum atomic E-state index is 13.1. The summed E-state index contributed by atoms with van der Waals surface area (Å²) < 4.78 is 3.68. The zero-order valence-electron chi connectivity index (χ0n) is 16.9. The van der Waals surface area contributed by atoms with Gasteiger partial charge in [-0.05, 0) is 42.2 Å². The van der Waals surface area contributed by atoms with Gasteiger partial charge in [-0.25, -0.2) is 0 Å². The smallest absolute Gasteiger partial charge is 0.262 e.